The van der Waals surface area contributed by atoms with Gasteiger partial charge < -0.3 is 19.3 Å². The van der Waals surface area contributed by atoms with Crippen LogP contribution in [0, 0.1) is 17.8 Å². The van der Waals surface area contributed by atoms with Crippen LogP contribution in [0.4, 0.5) is 0 Å². The van der Waals surface area contributed by atoms with Gasteiger partial charge in [0, 0.05) is 42.7 Å². The summed E-state index contributed by atoms with van der Waals surface area (Å²) >= 11 is 0. The maximum atomic E-state index is 12.9. The highest BCUT2D eigenvalue weighted by Gasteiger charge is 2.59. The third kappa shape index (κ3) is 2.04. The monoisotopic (exact) mass is 332 g/mol. The van der Waals surface area contributed by atoms with Crippen LogP contribution < -0.4 is 5.56 Å². The normalized spacial score (nSPS) is 30.8. The predicted molar refractivity (Wildman–Crippen MR) is 82.9 cm³/mol. The molecule has 1 aromatic rings. The first kappa shape index (κ1) is 15.4. The second kappa shape index (κ2) is 5.44. The number of fused-ring (bicyclic) bond motifs is 3. The topological polar surface area (TPSA) is 88.8 Å². The molecule has 128 valence electrons. The lowest BCUT2D eigenvalue weighted by atomic mass is 9.88. The molecular formula is C17H20N2O5. The van der Waals surface area contributed by atoms with Crippen molar-refractivity contribution in [2.24, 2.45) is 17.8 Å². The Morgan fingerprint density at radius 1 is 1.33 bits per heavy atom. The Labute approximate surface area is 138 Å². The van der Waals surface area contributed by atoms with E-state index in [0.29, 0.717) is 6.54 Å². The van der Waals surface area contributed by atoms with Gasteiger partial charge in [0.1, 0.15) is 6.04 Å². The summed E-state index contributed by atoms with van der Waals surface area (Å²) in [5.41, 5.74) is 0.624. The average Bonchev–Trinajstić information content (AvgIpc) is 3.29. The third-order valence-electron chi connectivity index (χ3n) is 5.57. The minimum Gasteiger partial charge on any atom is -0.467 e. The van der Waals surface area contributed by atoms with Crippen molar-refractivity contribution in [2.45, 2.75) is 31.5 Å². The van der Waals surface area contributed by atoms with Gasteiger partial charge in [-0.2, -0.15) is 0 Å². The van der Waals surface area contributed by atoms with Crippen LogP contribution in [0.15, 0.2) is 23.0 Å². The number of nitrogens with zero attached hydrogens (tertiary/aromatic N) is 2. The number of methoxy groups -OCH3 is 1. The molecule has 1 N–H and O–H groups in total. The van der Waals surface area contributed by atoms with Crippen molar-refractivity contribution >= 4 is 11.9 Å². The van der Waals surface area contributed by atoms with Gasteiger partial charge in [0.15, 0.2) is 0 Å². The van der Waals surface area contributed by atoms with E-state index in [1.807, 2.05) is 6.07 Å². The Kier molecular flexibility index (Phi) is 3.49. The summed E-state index contributed by atoms with van der Waals surface area (Å²) in [6, 6.07) is 3.85. The fourth-order valence-electron chi connectivity index (χ4n) is 4.31. The number of rotatable bonds is 3. The largest absolute Gasteiger partial charge is 0.467 e. The first-order chi connectivity index (χ1) is 11.6. The molecule has 0 radical (unpaired) electrons. The maximum Gasteiger partial charge on any atom is 0.328 e. The summed E-state index contributed by atoms with van der Waals surface area (Å²) in [6.45, 7) is 0.185. The number of likely N-dealkylation sites (tertiary alicyclic amines) is 1. The summed E-state index contributed by atoms with van der Waals surface area (Å²) in [7, 11) is 1.29. The van der Waals surface area contributed by atoms with E-state index in [-0.39, 0.29) is 36.0 Å². The highest BCUT2D eigenvalue weighted by Crippen LogP contribution is 2.51. The van der Waals surface area contributed by atoms with Crippen molar-refractivity contribution in [2.75, 3.05) is 13.7 Å². The molecule has 1 aromatic heterocycles. The molecule has 1 aliphatic carbocycles. The number of aromatic nitrogens is 1. The molecule has 2 aliphatic heterocycles. The van der Waals surface area contributed by atoms with E-state index in [1.165, 1.54) is 13.2 Å². The van der Waals surface area contributed by atoms with E-state index in [2.05, 4.69) is 0 Å². The Morgan fingerprint density at radius 2 is 2.08 bits per heavy atom. The van der Waals surface area contributed by atoms with Crippen LogP contribution in [0.3, 0.4) is 0 Å². The molecule has 1 saturated heterocycles. The summed E-state index contributed by atoms with van der Waals surface area (Å²) in [5, 5.41) is 9.90. The molecular weight excluding hydrogens is 312 g/mol. The molecule has 7 nitrogen and oxygen atoms in total. The molecule has 7 heteroatoms. The van der Waals surface area contributed by atoms with Crippen molar-refractivity contribution < 1.29 is 19.4 Å². The smallest absolute Gasteiger partial charge is 0.328 e. The van der Waals surface area contributed by atoms with Crippen LogP contribution in [-0.4, -0.2) is 46.2 Å². The number of aliphatic hydroxyl groups excluding tert-OH is 1. The highest BCUT2D eigenvalue weighted by molar-refractivity contribution is 5.88. The Balaban J connectivity index is 1.83. The number of carbonyl (C=O) groups is 2. The van der Waals surface area contributed by atoms with Crippen molar-refractivity contribution in [3.8, 4) is 0 Å². The molecule has 24 heavy (non-hydrogen) atoms. The van der Waals surface area contributed by atoms with Crippen LogP contribution in [0.5, 0.6) is 0 Å². The van der Waals surface area contributed by atoms with Crippen LogP contribution in [0.25, 0.3) is 0 Å². The average molecular weight is 332 g/mol. The standard InChI is InChI=1S/C17H20N2O5/c1-24-17(23)15-11(8-20)10-7-18-12(3-2-4-13(18)21)14(10)19(15)16(22)9-5-6-9/h2-4,9-11,14-15,20H,5-8H2,1H3/t10-,11-,14+,15-/m1/s1. The highest BCUT2D eigenvalue weighted by atomic mass is 16.5. The lowest BCUT2D eigenvalue weighted by molar-refractivity contribution is -0.154. The van der Waals surface area contributed by atoms with Crippen LogP contribution >= 0.6 is 0 Å². The number of pyridine rings is 1. The van der Waals surface area contributed by atoms with E-state index in [1.54, 1.807) is 15.5 Å². The van der Waals surface area contributed by atoms with Crippen LogP contribution in [-0.2, 0) is 20.9 Å². The molecule has 0 bridgehead atoms. The number of hydrogen-bond donors (Lipinski definition) is 1. The van der Waals surface area contributed by atoms with E-state index in [0.717, 1.165) is 18.5 Å². The predicted octanol–water partition coefficient (Wildman–Crippen LogP) is -0.0785. The van der Waals surface area contributed by atoms with Crippen molar-refractivity contribution in [3.05, 3.63) is 34.2 Å². The fraction of sp³-hybridized carbons (Fsp3) is 0.588. The molecule has 4 atom stereocenters. The molecule has 4 rings (SSSR count). The number of ether oxygens (including phenoxy) is 1. The lowest BCUT2D eigenvalue weighted by Gasteiger charge is -2.30. The number of carbonyl (C=O) groups excluding carboxylic acids is 2. The zero-order valence-corrected chi connectivity index (χ0v) is 13.4. The molecule has 2 fully saturated rings. The van der Waals surface area contributed by atoms with Gasteiger partial charge in [-0.05, 0) is 18.9 Å². The molecule has 3 aliphatic rings. The maximum absolute atomic E-state index is 12.9. The van der Waals surface area contributed by atoms with Crippen LogP contribution in [0.1, 0.15) is 24.6 Å². The summed E-state index contributed by atoms with van der Waals surface area (Å²) in [6.07, 6.45) is 1.65. The molecule has 0 aromatic carbocycles. The summed E-state index contributed by atoms with van der Waals surface area (Å²) in [4.78, 5) is 39.0. The van der Waals surface area contributed by atoms with E-state index >= 15 is 0 Å². The van der Waals surface area contributed by atoms with Gasteiger partial charge in [-0.3, -0.25) is 9.59 Å². The first-order valence-electron chi connectivity index (χ1n) is 8.29. The summed E-state index contributed by atoms with van der Waals surface area (Å²) < 4.78 is 6.56. The van der Waals surface area contributed by atoms with Gasteiger partial charge in [0.25, 0.3) is 5.56 Å². The van der Waals surface area contributed by atoms with Crippen molar-refractivity contribution in [1.82, 2.24) is 9.47 Å². The van der Waals surface area contributed by atoms with E-state index < -0.39 is 17.9 Å². The Bertz CT molecular complexity index is 754. The zero-order valence-electron chi connectivity index (χ0n) is 13.4. The number of hydrogen-bond acceptors (Lipinski definition) is 5. The lowest BCUT2D eigenvalue weighted by Crippen LogP contribution is -2.47. The zero-order chi connectivity index (χ0) is 17.0. The Hall–Kier alpha value is -2.15. The van der Waals surface area contributed by atoms with Crippen LogP contribution in [0.2, 0.25) is 0 Å². The van der Waals surface area contributed by atoms with E-state index in [9.17, 15) is 19.5 Å². The van der Waals surface area contributed by atoms with Gasteiger partial charge >= 0.3 is 5.97 Å². The fourth-order valence-corrected chi connectivity index (χ4v) is 4.31. The molecule has 1 saturated carbocycles. The van der Waals surface area contributed by atoms with Gasteiger partial charge in [-0.15, -0.1) is 0 Å². The van der Waals surface area contributed by atoms with Gasteiger partial charge in [-0.1, -0.05) is 6.07 Å². The molecule has 0 unspecified atom stereocenters. The number of esters is 1. The van der Waals surface area contributed by atoms with Crippen molar-refractivity contribution in [1.29, 1.82) is 0 Å². The van der Waals surface area contributed by atoms with Gasteiger partial charge in [0.2, 0.25) is 5.91 Å². The SMILES string of the molecule is COC(=O)[C@H]1[C@H](CO)[C@H]2Cn3c(cccc3=O)[C@H]2N1C(=O)C1CC1. The molecule has 3 heterocycles. The van der Waals surface area contributed by atoms with Gasteiger partial charge in [0.05, 0.1) is 13.2 Å². The second-order valence-electron chi connectivity index (χ2n) is 6.84. The Morgan fingerprint density at radius 3 is 2.71 bits per heavy atom. The first-order valence-corrected chi connectivity index (χ1v) is 8.29. The van der Waals surface area contributed by atoms with Gasteiger partial charge in [-0.25, -0.2) is 4.79 Å². The molecule has 1 amide bonds. The summed E-state index contributed by atoms with van der Waals surface area (Å²) in [5.74, 6) is -1.20. The minimum absolute atomic E-state index is 0.0558. The number of aliphatic hydroxyl groups is 1. The van der Waals surface area contributed by atoms with Crippen molar-refractivity contribution in [3.63, 3.8) is 0 Å². The number of amides is 1. The minimum atomic E-state index is -0.785. The van der Waals surface area contributed by atoms with E-state index in [4.69, 9.17) is 4.74 Å². The quantitative estimate of drug-likeness (QED) is 0.782. The second-order valence-corrected chi connectivity index (χ2v) is 6.84. The molecule has 0 spiro atoms. The third-order valence-corrected chi connectivity index (χ3v) is 5.57.